The van der Waals surface area contributed by atoms with Crippen LogP contribution >= 0.6 is 0 Å². The van der Waals surface area contributed by atoms with Crippen LogP contribution < -0.4 is 10.6 Å². The number of benzene rings is 2. The van der Waals surface area contributed by atoms with Gasteiger partial charge in [-0.2, -0.15) is 0 Å². The standard InChI is InChI=1S/C22H21N5O/c1-15(28)25-18-10-8-17(9-11-18)19-12-21-20(13-24-19)26-22(23-2)27(21)14-16-6-4-3-5-7-16/h3-13H,14H2,1-2H3,(H,23,26)(H,25,28). The first kappa shape index (κ1) is 17.7. The van der Waals surface area contributed by atoms with Crippen LogP contribution in [0.2, 0.25) is 0 Å². The van der Waals surface area contributed by atoms with Gasteiger partial charge in [-0.05, 0) is 23.8 Å². The lowest BCUT2D eigenvalue weighted by Crippen LogP contribution is -2.05. The molecule has 2 N–H and O–H groups in total. The zero-order valence-corrected chi connectivity index (χ0v) is 15.8. The van der Waals surface area contributed by atoms with Crippen molar-refractivity contribution in [1.29, 1.82) is 0 Å². The van der Waals surface area contributed by atoms with Crippen LogP contribution in [0.1, 0.15) is 12.5 Å². The van der Waals surface area contributed by atoms with E-state index in [2.05, 4.69) is 43.4 Å². The van der Waals surface area contributed by atoms with Crippen LogP contribution in [0, 0.1) is 0 Å². The van der Waals surface area contributed by atoms with Crippen molar-refractivity contribution in [2.45, 2.75) is 13.5 Å². The van der Waals surface area contributed by atoms with Crippen molar-refractivity contribution in [2.75, 3.05) is 17.7 Å². The van der Waals surface area contributed by atoms with E-state index in [-0.39, 0.29) is 5.91 Å². The van der Waals surface area contributed by atoms with Crippen molar-refractivity contribution in [2.24, 2.45) is 0 Å². The number of carbonyl (C=O) groups is 1. The average Bonchev–Trinajstić information content (AvgIpc) is 3.06. The van der Waals surface area contributed by atoms with Crippen molar-refractivity contribution in [3.8, 4) is 11.3 Å². The first-order valence-corrected chi connectivity index (χ1v) is 9.10. The highest BCUT2D eigenvalue weighted by molar-refractivity contribution is 5.89. The van der Waals surface area contributed by atoms with Crippen LogP contribution in [0.15, 0.2) is 66.9 Å². The fourth-order valence-corrected chi connectivity index (χ4v) is 3.23. The minimum absolute atomic E-state index is 0.0864. The quantitative estimate of drug-likeness (QED) is 0.553. The lowest BCUT2D eigenvalue weighted by atomic mass is 10.1. The van der Waals surface area contributed by atoms with E-state index in [9.17, 15) is 4.79 Å². The van der Waals surface area contributed by atoms with Gasteiger partial charge in [0, 0.05) is 25.2 Å². The number of aromatic nitrogens is 3. The minimum atomic E-state index is -0.0864. The Morgan fingerprint density at radius 2 is 1.82 bits per heavy atom. The Balaban J connectivity index is 1.73. The molecule has 4 rings (SSSR count). The molecule has 6 heteroatoms. The number of anilines is 2. The molecule has 0 bridgehead atoms. The number of hydrogen-bond acceptors (Lipinski definition) is 4. The summed E-state index contributed by atoms with van der Waals surface area (Å²) in [4.78, 5) is 20.4. The summed E-state index contributed by atoms with van der Waals surface area (Å²) in [5.41, 5.74) is 5.68. The number of imidazole rings is 1. The third kappa shape index (κ3) is 3.57. The summed E-state index contributed by atoms with van der Waals surface area (Å²) >= 11 is 0. The highest BCUT2D eigenvalue weighted by atomic mass is 16.1. The smallest absolute Gasteiger partial charge is 0.221 e. The number of hydrogen-bond donors (Lipinski definition) is 2. The summed E-state index contributed by atoms with van der Waals surface area (Å²) in [6, 6.07) is 20.0. The van der Waals surface area contributed by atoms with Gasteiger partial charge in [0.2, 0.25) is 11.9 Å². The Kier molecular flexibility index (Phi) is 4.76. The molecule has 2 aromatic carbocycles. The van der Waals surface area contributed by atoms with Crippen LogP contribution in [-0.2, 0) is 11.3 Å². The molecule has 0 aliphatic heterocycles. The van der Waals surface area contributed by atoms with Crippen molar-refractivity contribution in [3.05, 3.63) is 72.4 Å². The van der Waals surface area contributed by atoms with E-state index in [1.165, 1.54) is 12.5 Å². The molecule has 1 amide bonds. The van der Waals surface area contributed by atoms with Gasteiger partial charge in [0.1, 0.15) is 5.52 Å². The maximum absolute atomic E-state index is 11.2. The minimum Gasteiger partial charge on any atom is -0.359 e. The molecule has 4 aromatic rings. The van der Waals surface area contributed by atoms with E-state index in [1.54, 1.807) is 6.20 Å². The second kappa shape index (κ2) is 7.52. The molecule has 2 heterocycles. The Morgan fingerprint density at radius 1 is 1.07 bits per heavy atom. The Bertz CT molecular complexity index is 1120. The van der Waals surface area contributed by atoms with Gasteiger partial charge in [0.25, 0.3) is 0 Å². The van der Waals surface area contributed by atoms with Crippen LogP contribution in [0.3, 0.4) is 0 Å². The van der Waals surface area contributed by atoms with E-state index in [4.69, 9.17) is 0 Å². The average molecular weight is 371 g/mol. The fourth-order valence-electron chi connectivity index (χ4n) is 3.23. The number of carbonyl (C=O) groups excluding carboxylic acids is 1. The molecule has 0 saturated heterocycles. The molecule has 0 unspecified atom stereocenters. The van der Waals surface area contributed by atoms with Gasteiger partial charge in [-0.25, -0.2) is 4.98 Å². The van der Waals surface area contributed by atoms with Crippen molar-refractivity contribution in [3.63, 3.8) is 0 Å². The Hall–Kier alpha value is -3.67. The maximum Gasteiger partial charge on any atom is 0.221 e. The van der Waals surface area contributed by atoms with Crippen molar-refractivity contribution < 1.29 is 4.79 Å². The predicted octanol–water partition coefficient (Wildman–Crippen LogP) is 4.15. The van der Waals surface area contributed by atoms with E-state index in [1.807, 2.05) is 49.5 Å². The summed E-state index contributed by atoms with van der Waals surface area (Å²) in [7, 11) is 1.87. The van der Waals surface area contributed by atoms with Crippen LogP contribution in [-0.4, -0.2) is 27.5 Å². The number of amides is 1. The molecule has 2 aromatic heterocycles. The molecule has 140 valence electrons. The molecular formula is C22H21N5O. The van der Waals surface area contributed by atoms with Crippen molar-refractivity contribution in [1.82, 2.24) is 14.5 Å². The Morgan fingerprint density at radius 3 is 2.50 bits per heavy atom. The highest BCUT2D eigenvalue weighted by Crippen LogP contribution is 2.26. The van der Waals surface area contributed by atoms with Gasteiger partial charge in [-0.3, -0.25) is 9.78 Å². The predicted molar refractivity (Wildman–Crippen MR) is 112 cm³/mol. The van der Waals surface area contributed by atoms with Gasteiger partial charge in [0.15, 0.2) is 0 Å². The second-order valence-electron chi connectivity index (χ2n) is 6.57. The fraction of sp³-hybridized carbons (Fsp3) is 0.136. The van der Waals surface area contributed by atoms with Gasteiger partial charge in [-0.1, -0.05) is 42.5 Å². The number of fused-ring (bicyclic) bond motifs is 1. The van der Waals surface area contributed by atoms with E-state index in [0.717, 1.165) is 40.5 Å². The molecule has 0 spiro atoms. The lowest BCUT2D eigenvalue weighted by molar-refractivity contribution is -0.114. The summed E-state index contributed by atoms with van der Waals surface area (Å²) in [6.07, 6.45) is 1.80. The molecule has 28 heavy (non-hydrogen) atoms. The first-order valence-electron chi connectivity index (χ1n) is 9.10. The monoisotopic (exact) mass is 371 g/mol. The summed E-state index contributed by atoms with van der Waals surface area (Å²) in [6.45, 7) is 2.22. The molecule has 0 aliphatic carbocycles. The number of nitrogens with zero attached hydrogens (tertiary/aromatic N) is 3. The summed E-state index contributed by atoms with van der Waals surface area (Å²) in [5, 5.41) is 5.95. The van der Waals surface area contributed by atoms with Crippen LogP contribution in [0.25, 0.3) is 22.3 Å². The zero-order valence-electron chi connectivity index (χ0n) is 15.8. The zero-order chi connectivity index (χ0) is 19.5. The number of pyridine rings is 1. The molecule has 0 atom stereocenters. The third-order valence-corrected chi connectivity index (χ3v) is 4.54. The molecule has 0 radical (unpaired) electrons. The molecular weight excluding hydrogens is 350 g/mol. The van der Waals surface area contributed by atoms with Gasteiger partial charge >= 0.3 is 0 Å². The molecule has 0 saturated carbocycles. The molecule has 6 nitrogen and oxygen atoms in total. The maximum atomic E-state index is 11.2. The van der Waals surface area contributed by atoms with Gasteiger partial charge in [-0.15, -0.1) is 0 Å². The Labute approximate surface area is 163 Å². The van der Waals surface area contributed by atoms with Crippen molar-refractivity contribution >= 4 is 28.6 Å². The molecule has 0 fully saturated rings. The largest absolute Gasteiger partial charge is 0.359 e. The second-order valence-corrected chi connectivity index (χ2v) is 6.57. The first-order chi connectivity index (χ1) is 13.6. The SMILES string of the molecule is CNc1nc2cnc(-c3ccc(NC(C)=O)cc3)cc2n1Cc1ccccc1. The van der Waals surface area contributed by atoms with Gasteiger partial charge < -0.3 is 15.2 Å². The topological polar surface area (TPSA) is 71.8 Å². The van der Waals surface area contributed by atoms with E-state index in [0.29, 0.717) is 0 Å². The normalized spacial score (nSPS) is 10.8. The van der Waals surface area contributed by atoms with Crippen LogP contribution in [0.5, 0.6) is 0 Å². The van der Waals surface area contributed by atoms with Crippen LogP contribution in [0.4, 0.5) is 11.6 Å². The molecule has 0 aliphatic rings. The van der Waals surface area contributed by atoms with E-state index >= 15 is 0 Å². The third-order valence-electron chi connectivity index (χ3n) is 4.54. The lowest BCUT2D eigenvalue weighted by Gasteiger charge is -2.09. The van der Waals surface area contributed by atoms with Gasteiger partial charge in [0.05, 0.1) is 24.0 Å². The summed E-state index contributed by atoms with van der Waals surface area (Å²) in [5.74, 6) is 0.718. The number of nitrogens with one attached hydrogen (secondary N) is 2. The number of rotatable bonds is 5. The van der Waals surface area contributed by atoms with E-state index < -0.39 is 0 Å². The highest BCUT2D eigenvalue weighted by Gasteiger charge is 2.12. The summed E-state index contributed by atoms with van der Waals surface area (Å²) < 4.78 is 2.15.